The zero-order valence-electron chi connectivity index (χ0n) is 10.3. The van der Waals surface area contributed by atoms with Gasteiger partial charge in [0.05, 0.1) is 5.60 Å². The zero-order valence-corrected chi connectivity index (χ0v) is 10.3. The third-order valence-electron chi connectivity index (χ3n) is 2.26. The van der Waals surface area contributed by atoms with Crippen LogP contribution in [0.5, 0.6) is 0 Å². The van der Waals surface area contributed by atoms with Crippen molar-refractivity contribution in [3.8, 4) is 0 Å². The summed E-state index contributed by atoms with van der Waals surface area (Å²) < 4.78 is 0. The molecule has 0 saturated carbocycles. The van der Waals surface area contributed by atoms with E-state index in [9.17, 15) is 9.90 Å². The smallest absolute Gasteiger partial charge is 0.225 e. The Kier molecular flexibility index (Phi) is 5.83. The molecule has 0 aliphatic carbocycles. The number of hydrogen-bond donors (Lipinski definition) is 2. The highest BCUT2D eigenvalue weighted by Gasteiger charge is 2.22. The quantitative estimate of drug-likeness (QED) is 0.683. The monoisotopic (exact) mass is 216 g/mol. The van der Waals surface area contributed by atoms with Gasteiger partial charge in [-0.25, -0.2) is 0 Å². The summed E-state index contributed by atoms with van der Waals surface area (Å²) in [7, 11) is 1.72. The van der Waals surface area contributed by atoms with E-state index >= 15 is 0 Å². The number of nitrogens with zero attached hydrogens (tertiary/aromatic N) is 1. The Morgan fingerprint density at radius 3 is 2.47 bits per heavy atom. The van der Waals surface area contributed by atoms with Gasteiger partial charge in [0, 0.05) is 19.5 Å². The fourth-order valence-electron chi connectivity index (χ4n) is 1.58. The number of carbonyl (C=O) groups excluding carboxylic acids is 1. The first-order valence-corrected chi connectivity index (χ1v) is 5.45. The molecule has 0 rings (SSSR count). The van der Waals surface area contributed by atoms with Gasteiger partial charge in [0.2, 0.25) is 5.91 Å². The molecular weight excluding hydrogens is 192 g/mol. The van der Waals surface area contributed by atoms with Crippen LogP contribution in [0, 0.1) is 5.92 Å². The second-order valence-electron chi connectivity index (χ2n) is 4.84. The molecule has 3 N–H and O–H groups in total. The minimum absolute atomic E-state index is 0.0131. The van der Waals surface area contributed by atoms with Crippen LogP contribution in [0.25, 0.3) is 0 Å². The normalized spacial score (nSPS) is 13.7. The molecule has 0 spiro atoms. The number of carbonyl (C=O) groups is 1. The number of nitrogens with two attached hydrogens (primary N) is 1. The van der Waals surface area contributed by atoms with E-state index < -0.39 is 5.60 Å². The van der Waals surface area contributed by atoms with Crippen LogP contribution in [0.4, 0.5) is 0 Å². The van der Waals surface area contributed by atoms with Crippen molar-refractivity contribution in [3.63, 3.8) is 0 Å². The first kappa shape index (κ1) is 14.4. The Hall–Kier alpha value is -0.610. The molecule has 0 bridgehead atoms. The van der Waals surface area contributed by atoms with Crippen molar-refractivity contribution in [1.29, 1.82) is 0 Å². The van der Waals surface area contributed by atoms with Crippen LogP contribution in [-0.4, -0.2) is 41.7 Å². The van der Waals surface area contributed by atoms with Gasteiger partial charge in [0.1, 0.15) is 0 Å². The summed E-state index contributed by atoms with van der Waals surface area (Å²) in [4.78, 5) is 13.4. The topological polar surface area (TPSA) is 66.6 Å². The van der Waals surface area contributed by atoms with E-state index in [1.807, 2.05) is 6.92 Å². The molecule has 1 amide bonds. The Morgan fingerprint density at radius 1 is 1.53 bits per heavy atom. The van der Waals surface area contributed by atoms with Crippen LogP contribution in [0.3, 0.4) is 0 Å². The summed E-state index contributed by atoms with van der Waals surface area (Å²) in [5, 5.41) is 9.58. The number of likely N-dealkylation sites (N-methyl/N-ethyl adjacent to an activating group) is 1. The second kappa shape index (κ2) is 6.08. The van der Waals surface area contributed by atoms with Crippen LogP contribution in [0.15, 0.2) is 0 Å². The molecule has 1 unspecified atom stereocenters. The average Bonchev–Trinajstić information content (AvgIpc) is 2.10. The third kappa shape index (κ3) is 6.47. The number of amides is 1. The molecule has 0 heterocycles. The van der Waals surface area contributed by atoms with E-state index in [0.29, 0.717) is 13.1 Å². The van der Waals surface area contributed by atoms with E-state index in [2.05, 4.69) is 0 Å². The van der Waals surface area contributed by atoms with Crippen LogP contribution in [-0.2, 0) is 4.79 Å². The lowest BCUT2D eigenvalue weighted by Crippen LogP contribution is -2.41. The fourth-order valence-corrected chi connectivity index (χ4v) is 1.58. The van der Waals surface area contributed by atoms with E-state index in [1.54, 1.807) is 25.8 Å². The highest BCUT2D eigenvalue weighted by Crippen LogP contribution is 2.11. The SMILES string of the molecule is CC(CCCN)C(=O)N(C)CC(C)(C)O. The lowest BCUT2D eigenvalue weighted by Gasteiger charge is -2.27. The zero-order chi connectivity index (χ0) is 12.1. The molecule has 0 saturated heterocycles. The second-order valence-corrected chi connectivity index (χ2v) is 4.84. The van der Waals surface area contributed by atoms with Gasteiger partial charge in [-0.1, -0.05) is 6.92 Å². The molecule has 90 valence electrons. The Bertz CT molecular complexity index is 199. The third-order valence-corrected chi connectivity index (χ3v) is 2.26. The van der Waals surface area contributed by atoms with Crippen LogP contribution < -0.4 is 5.73 Å². The van der Waals surface area contributed by atoms with Gasteiger partial charge in [-0.3, -0.25) is 4.79 Å². The summed E-state index contributed by atoms with van der Waals surface area (Å²) in [6, 6.07) is 0. The highest BCUT2D eigenvalue weighted by atomic mass is 16.3. The number of aliphatic hydroxyl groups is 1. The molecule has 4 nitrogen and oxygen atoms in total. The largest absolute Gasteiger partial charge is 0.389 e. The summed E-state index contributed by atoms with van der Waals surface area (Å²) in [5.74, 6) is 0.0616. The number of rotatable bonds is 6. The molecule has 0 aliphatic heterocycles. The fraction of sp³-hybridized carbons (Fsp3) is 0.909. The lowest BCUT2D eigenvalue weighted by molar-refractivity contribution is -0.136. The van der Waals surface area contributed by atoms with Gasteiger partial charge in [-0.15, -0.1) is 0 Å². The molecule has 15 heavy (non-hydrogen) atoms. The maximum absolute atomic E-state index is 11.8. The van der Waals surface area contributed by atoms with Gasteiger partial charge in [0.15, 0.2) is 0 Å². The molecule has 0 fully saturated rings. The van der Waals surface area contributed by atoms with Crippen LogP contribution >= 0.6 is 0 Å². The van der Waals surface area contributed by atoms with Crippen LogP contribution in [0.1, 0.15) is 33.6 Å². The minimum Gasteiger partial charge on any atom is -0.389 e. The molecule has 0 aromatic rings. The summed E-state index contributed by atoms with van der Waals surface area (Å²) in [6.07, 6.45) is 1.68. The van der Waals surface area contributed by atoms with Crippen molar-refractivity contribution in [1.82, 2.24) is 4.90 Å². The highest BCUT2D eigenvalue weighted by molar-refractivity contribution is 5.78. The Labute approximate surface area is 92.4 Å². The molecule has 4 heteroatoms. The maximum atomic E-state index is 11.8. The molecule has 0 aromatic heterocycles. The summed E-state index contributed by atoms with van der Waals surface area (Å²) >= 11 is 0. The van der Waals surface area contributed by atoms with Gasteiger partial charge in [-0.2, -0.15) is 0 Å². The van der Waals surface area contributed by atoms with Crippen molar-refractivity contribution < 1.29 is 9.90 Å². The Balaban J connectivity index is 4.08. The van der Waals surface area contributed by atoms with Crippen molar-refractivity contribution in [2.75, 3.05) is 20.1 Å². The minimum atomic E-state index is -0.835. The first-order chi connectivity index (χ1) is 6.78. The van der Waals surface area contributed by atoms with Crippen molar-refractivity contribution in [2.45, 2.75) is 39.2 Å². The average molecular weight is 216 g/mol. The van der Waals surface area contributed by atoms with E-state index in [-0.39, 0.29) is 11.8 Å². The number of hydrogen-bond acceptors (Lipinski definition) is 3. The summed E-state index contributed by atoms with van der Waals surface area (Å²) in [6.45, 7) is 6.27. The van der Waals surface area contributed by atoms with E-state index in [0.717, 1.165) is 12.8 Å². The predicted molar refractivity (Wildman–Crippen MR) is 61.4 cm³/mol. The van der Waals surface area contributed by atoms with E-state index in [4.69, 9.17) is 5.73 Å². The Morgan fingerprint density at radius 2 is 2.07 bits per heavy atom. The standard InChI is InChI=1S/C11H24N2O2/c1-9(6-5-7-12)10(14)13(4)8-11(2,3)15/h9,15H,5-8,12H2,1-4H3. The summed E-state index contributed by atoms with van der Waals surface area (Å²) in [5.41, 5.74) is 4.55. The van der Waals surface area contributed by atoms with Crippen molar-refractivity contribution >= 4 is 5.91 Å². The van der Waals surface area contributed by atoms with Gasteiger partial charge in [-0.05, 0) is 33.2 Å². The molecule has 0 aromatic carbocycles. The van der Waals surface area contributed by atoms with Crippen molar-refractivity contribution in [2.24, 2.45) is 11.7 Å². The van der Waals surface area contributed by atoms with Crippen molar-refractivity contribution in [3.05, 3.63) is 0 Å². The van der Waals surface area contributed by atoms with E-state index in [1.165, 1.54) is 0 Å². The molecule has 1 atom stereocenters. The van der Waals surface area contributed by atoms with Gasteiger partial charge in [0.25, 0.3) is 0 Å². The molecular formula is C11H24N2O2. The lowest BCUT2D eigenvalue weighted by atomic mass is 10.0. The first-order valence-electron chi connectivity index (χ1n) is 5.45. The van der Waals surface area contributed by atoms with Gasteiger partial charge < -0.3 is 15.7 Å². The van der Waals surface area contributed by atoms with Crippen LogP contribution in [0.2, 0.25) is 0 Å². The molecule has 0 radical (unpaired) electrons. The molecule has 0 aliphatic rings. The maximum Gasteiger partial charge on any atom is 0.225 e. The van der Waals surface area contributed by atoms with Gasteiger partial charge >= 0.3 is 0 Å². The predicted octanol–water partition coefficient (Wildman–Crippen LogP) is 0.591.